The van der Waals surface area contributed by atoms with Gasteiger partial charge in [0.1, 0.15) is 5.82 Å². The molecular formula is C23H29N7O. The lowest BCUT2D eigenvalue weighted by molar-refractivity contribution is 0.0827. The van der Waals surface area contributed by atoms with Crippen molar-refractivity contribution in [1.82, 2.24) is 30.3 Å². The molecule has 0 unspecified atom stereocenters. The second kappa shape index (κ2) is 10.4. The third kappa shape index (κ3) is 6.15. The number of hydrogen-bond donors (Lipinski definition) is 2. The number of amides is 1. The number of nitrogens with one attached hydrogen (secondary N) is 2. The summed E-state index contributed by atoms with van der Waals surface area (Å²) >= 11 is 0. The number of aryl methyl sites for hydroxylation is 1. The smallest absolute Gasteiger partial charge is 0.253 e. The summed E-state index contributed by atoms with van der Waals surface area (Å²) in [5.41, 5.74) is 2.85. The minimum Gasteiger partial charge on any atom is -0.352 e. The number of aromatic nitrogens is 3. The zero-order valence-corrected chi connectivity index (χ0v) is 18.5. The molecule has 2 aromatic carbocycles. The molecule has 0 aliphatic rings. The molecule has 3 aromatic rings. The van der Waals surface area contributed by atoms with E-state index in [2.05, 4.69) is 20.8 Å². The van der Waals surface area contributed by atoms with Gasteiger partial charge in [0.25, 0.3) is 5.91 Å². The summed E-state index contributed by atoms with van der Waals surface area (Å²) in [6.45, 7) is 3.57. The molecular weight excluding hydrogens is 390 g/mol. The van der Waals surface area contributed by atoms with Crippen molar-refractivity contribution in [2.75, 3.05) is 14.1 Å². The summed E-state index contributed by atoms with van der Waals surface area (Å²) in [7, 11) is 5.44. The highest BCUT2D eigenvalue weighted by Crippen LogP contribution is 2.07. The molecule has 8 heteroatoms. The lowest BCUT2D eigenvalue weighted by Crippen LogP contribution is -2.37. The van der Waals surface area contributed by atoms with Crippen LogP contribution in [0, 0.1) is 6.92 Å². The number of carbonyl (C=O) groups excluding carboxylic acids is 1. The molecule has 0 bridgehead atoms. The largest absolute Gasteiger partial charge is 0.352 e. The van der Waals surface area contributed by atoms with Gasteiger partial charge in [0.2, 0.25) is 0 Å². The Labute approximate surface area is 183 Å². The summed E-state index contributed by atoms with van der Waals surface area (Å²) in [5.74, 6) is 2.36. The van der Waals surface area contributed by atoms with E-state index in [-0.39, 0.29) is 5.91 Å². The van der Waals surface area contributed by atoms with Gasteiger partial charge in [0.15, 0.2) is 11.8 Å². The molecule has 31 heavy (non-hydrogen) atoms. The van der Waals surface area contributed by atoms with Crippen LogP contribution in [0.25, 0.3) is 0 Å². The van der Waals surface area contributed by atoms with Crippen molar-refractivity contribution in [2.24, 2.45) is 12.0 Å². The maximum Gasteiger partial charge on any atom is 0.253 e. The predicted octanol–water partition coefficient (Wildman–Crippen LogP) is 2.26. The van der Waals surface area contributed by atoms with E-state index in [0.29, 0.717) is 31.2 Å². The van der Waals surface area contributed by atoms with E-state index < -0.39 is 0 Å². The topological polar surface area (TPSA) is 87.4 Å². The second-order valence-electron chi connectivity index (χ2n) is 7.48. The lowest BCUT2D eigenvalue weighted by Gasteiger charge is -2.14. The Balaban J connectivity index is 1.66. The van der Waals surface area contributed by atoms with Crippen LogP contribution in [0.4, 0.5) is 0 Å². The molecule has 0 aliphatic carbocycles. The predicted molar refractivity (Wildman–Crippen MR) is 121 cm³/mol. The Bertz CT molecular complexity index is 1020. The van der Waals surface area contributed by atoms with Crippen LogP contribution in [-0.4, -0.2) is 45.6 Å². The van der Waals surface area contributed by atoms with Gasteiger partial charge in [0.05, 0.1) is 13.1 Å². The van der Waals surface area contributed by atoms with Crippen LogP contribution in [0.5, 0.6) is 0 Å². The van der Waals surface area contributed by atoms with Crippen molar-refractivity contribution in [3.63, 3.8) is 0 Å². The zero-order valence-electron chi connectivity index (χ0n) is 18.5. The molecule has 0 saturated carbocycles. The van der Waals surface area contributed by atoms with E-state index in [1.165, 1.54) is 0 Å². The molecule has 1 aromatic heterocycles. The number of guanidine groups is 1. The minimum absolute atomic E-state index is 0.00902. The van der Waals surface area contributed by atoms with Gasteiger partial charge in [-0.1, -0.05) is 42.5 Å². The number of rotatable bonds is 7. The van der Waals surface area contributed by atoms with Crippen LogP contribution in [0.15, 0.2) is 59.6 Å². The highest BCUT2D eigenvalue weighted by molar-refractivity contribution is 5.93. The normalized spacial score (nSPS) is 11.3. The Morgan fingerprint density at radius 3 is 2.26 bits per heavy atom. The van der Waals surface area contributed by atoms with Crippen LogP contribution in [0.2, 0.25) is 0 Å². The first-order chi connectivity index (χ1) is 14.9. The third-order valence-corrected chi connectivity index (χ3v) is 4.93. The van der Waals surface area contributed by atoms with Crippen molar-refractivity contribution in [3.8, 4) is 0 Å². The molecule has 3 rings (SSSR count). The van der Waals surface area contributed by atoms with Crippen LogP contribution in [0.1, 0.15) is 33.1 Å². The van der Waals surface area contributed by atoms with Gasteiger partial charge in [-0.05, 0) is 30.2 Å². The third-order valence-electron chi connectivity index (χ3n) is 4.93. The first kappa shape index (κ1) is 22.0. The lowest BCUT2D eigenvalue weighted by atomic mass is 10.1. The minimum atomic E-state index is -0.00902. The first-order valence-electron chi connectivity index (χ1n) is 10.2. The van der Waals surface area contributed by atoms with E-state index in [9.17, 15) is 4.79 Å². The van der Waals surface area contributed by atoms with Crippen LogP contribution in [0.3, 0.4) is 0 Å². The average molecular weight is 420 g/mol. The highest BCUT2D eigenvalue weighted by Gasteiger charge is 2.09. The molecule has 1 heterocycles. The molecule has 1 amide bonds. The van der Waals surface area contributed by atoms with Gasteiger partial charge in [-0.15, -0.1) is 10.2 Å². The highest BCUT2D eigenvalue weighted by atomic mass is 16.2. The maximum absolute atomic E-state index is 12.1. The number of benzene rings is 2. The average Bonchev–Trinajstić information content (AvgIpc) is 3.11. The Hall–Kier alpha value is -3.68. The van der Waals surface area contributed by atoms with E-state index in [1.54, 1.807) is 19.0 Å². The van der Waals surface area contributed by atoms with Gasteiger partial charge in [-0.3, -0.25) is 4.79 Å². The Morgan fingerprint density at radius 2 is 1.65 bits per heavy atom. The fourth-order valence-corrected chi connectivity index (χ4v) is 2.90. The number of carbonyl (C=O) groups is 1. The molecule has 8 nitrogen and oxygen atoms in total. The Morgan fingerprint density at radius 1 is 0.968 bits per heavy atom. The summed E-state index contributed by atoms with van der Waals surface area (Å²) in [6, 6.07) is 17.7. The standard InChI is InChI=1S/C23H29N7O/c1-17-27-28-21(30(17)4)16-26-23(24-14-18-8-6-5-7-9-18)25-15-19-10-12-20(13-11-19)22(31)29(2)3/h5-13H,14-16H2,1-4H3,(H2,24,25,26). The zero-order chi connectivity index (χ0) is 22.2. The van der Waals surface area contributed by atoms with Gasteiger partial charge in [-0.25, -0.2) is 4.99 Å². The SMILES string of the molecule is Cc1nnc(CNC(=NCc2ccccc2)NCc2ccc(C(=O)N(C)C)cc2)n1C. The van der Waals surface area contributed by atoms with Crippen molar-refractivity contribution >= 4 is 11.9 Å². The molecule has 162 valence electrons. The van der Waals surface area contributed by atoms with Crippen molar-refractivity contribution in [1.29, 1.82) is 0 Å². The van der Waals surface area contributed by atoms with Gasteiger partial charge < -0.3 is 20.1 Å². The van der Waals surface area contributed by atoms with Crippen LogP contribution >= 0.6 is 0 Å². The number of hydrogen-bond acceptors (Lipinski definition) is 4. The van der Waals surface area contributed by atoms with Gasteiger partial charge >= 0.3 is 0 Å². The molecule has 0 saturated heterocycles. The fraction of sp³-hybridized carbons (Fsp3) is 0.304. The van der Waals surface area contributed by atoms with Gasteiger partial charge in [-0.2, -0.15) is 0 Å². The summed E-state index contributed by atoms with van der Waals surface area (Å²) in [6.07, 6.45) is 0. The second-order valence-corrected chi connectivity index (χ2v) is 7.48. The first-order valence-corrected chi connectivity index (χ1v) is 10.2. The molecule has 2 N–H and O–H groups in total. The molecule has 0 fully saturated rings. The van der Waals surface area contributed by atoms with Gasteiger partial charge in [0, 0.05) is 33.3 Å². The monoisotopic (exact) mass is 419 g/mol. The quantitative estimate of drug-likeness (QED) is 0.453. The molecule has 0 spiro atoms. The summed E-state index contributed by atoms with van der Waals surface area (Å²) < 4.78 is 1.95. The number of aliphatic imine (C=N–C) groups is 1. The van der Waals surface area contributed by atoms with Crippen LogP contribution < -0.4 is 10.6 Å². The molecule has 0 atom stereocenters. The van der Waals surface area contributed by atoms with E-state index in [1.807, 2.05) is 73.1 Å². The van der Waals surface area contributed by atoms with Crippen molar-refractivity contribution in [3.05, 3.63) is 82.9 Å². The Kier molecular flexibility index (Phi) is 7.37. The number of nitrogens with zero attached hydrogens (tertiary/aromatic N) is 5. The van der Waals surface area contributed by atoms with Crippen LogP contribution in [-0.2, 0) is 26.7 Å². The maximum atomic E-state index is 12.1. The van der Waals surface area contributed by atoms with E-state index in [4.69, 9.17) is 4.99 Å². The molecule has 0 aliphatic heterocycles. The molecule has 0 radical (unpaired) electrons. The van der Waals surface area contributed by atoms with E-state index in [0.717, 1.165) is 22.8 Å². The summed E-state index contributed by atoms with van der Waals surface area (Å²) in [5, 5.41) is 15.0. The fourth-order valence-electron chi connectivity index (χ4n) is 2.90. The summed E-state index contributed by atoms with van der Waals surface area (Å²) in [4.78, 5) is 18.3. The van der Waals surface area contributed by atoms with Crippen molar-refractivity contribution < 1.29 is 4.79 Å². The van der Waals surface area contributed by atoms with Crippen molar-refractivity contribution in [2.45, 2.75) is 26.6 Å². The van der Waals surface area contributed by atoms with E-state index >= 15 is 0 Å².